The van der Waals surface area contributed by atoms with Crippen molar-refractivity contribution in [3.63, 3.8) is 0 Å². The first-order valence-electron chi connectivity index (χ1n) is 5.39. The molecule has 0 spiro atoms. The predicted octanol–water partition coefficient (Wildman–Crippen LogP) is 2.35. The lowest BCUT2D eigenvalue weighted by molar-refractivity contribution is 0.326. The number of rotatable bonds is 6. The largest absolute Gasteiger partial charge is 0.478 e. The summed E-state index contributed by atoms with van der Waals surface area (Å²) in [6.07, 6.45) is 2.08. The average Bonchev–Trinajstić information content (AvgIpc) is 2.17. The van der Waals surface area contributed by atoms with Gasteiger partial charge in [0.2, 0.25) is 11.8 Å². The second-order valence-electron chi connectivity index (χ2n) is 3.60. The zero-order valence-corrected chi connectivity index (χ0v) is 11.1. The third-order valence-corrected chi connectivity index (χ3v) is 2.75. The Morgan fingerprint density at radius 2 is 2.25 bits per heavy atom. The summed E-state index contributed by atoms with van der Waals surface area (Å²) in [4.78, 5) is 8.62. The number of nitrogens with one attached hydrogen (secondary N) is 1. The van der Waals surface area contributed by atoms with Gasteiger partial charge in [-0.25, -0.2) is 4.98 Å². The third-order valence-electron chi connectivity index (χ3n) is 1.92. The first-order chi connectivity index (χ1) is 7.65. The van der Waals surface area contributed by atoms with Crippen LogP contribution in [0.25, 0.3) is 0 Å². The van der Waals surface area contributed by atoms with Crippen molar-refractivity contribution in [2.75, 3.05) is 23.9 Å². The first-order valence-corrected chi connectivity index (χ1v) is 6.79. The molecule has 0 aliphatic carbocycles. The standard InChI is InChI=1S/C11H19N3OS/c1-5-15-10-6-8(2)12-11(14-10)13-9(3)7-16-4/h6,9H,5,7H2,1-4H3,(H,12,13,14). The van der Waals surface area contributed by atoms with E-state index in [9.17, 15) is 0 Å². The topological polar surface area (TPSA) is 47.0 Å². The summed E-state index contributed by atoms with van der Waals surface area (Å²) in [7, 11) is 0. The van der Waals surface area contributed by atoms with Crippen molar-refractivity contribution in [3.8, 4) is 5.88 Å². The highest BCUT2D eigenvalue weighted by Crippen LogP contribution is 2.13. The zero-order chi connectivity index (χ0) is 12.0. The van der Waals surface area contributed by atoms with Crippen LogP contribution in [0, 0.1) is 6.92 Å². The van der Waals surface area contributed by atoms with Gasteiger partial charge in [-0.3, -0.25) is 0 Å². The Hall–Kier alpha value is -0.970. The lowest BCUT2D eigenvalue weighted by Gasteiger charge is -2.13. The molecule has 0 aliphatic heterocycles. The molecule has 1 aromatic rings. The fraction of sp³-hybridized carbons (Fsp3) is 0.636. The van der Waals surface area contributed by atoms with E-state index >= 15 is 0 Å². The molecular weight excluding hydrogens is 222 g/mol. The number of thioether (sulfide) groups is 1. The van der Waals surface area contributed by atoms with E-state index in [0.29, 0.717) is 24.5 Å². The van der Waals surface area contributed by atoms with Crippen molar-refractivity contribution < 1.29 is 4.74 Å². The molecule has 0 saturated carbocycles. The third kappa shape index (κ3) is 4.26. The predicted molar refractivity (Wildman–Crippen MR) is 69.4 cm³/mol. The van der Waals surface area contributed by atoms with Crippen LogP contribution in [0.3, 0.4) is 0 Å². The zero-order valence-electron chi connectivity index (χ0n) is 10.3. The molecule has 0 bridgehead atoms. The van der Waals surface area contributed by atoms with Crippen LogP contribution in [0.15, 0.2) is 6.07 Å². The lowest BCUT2D eigenvalue weighted by Crippen LogP contribution is -2.19. The fourth-order valence-corrected chi connectivity index (χ4v) is 1.92. The van der Waals surface area contributed by atoms with Crippen molar-refractivity contribution in [3.05, 3.63) is 11.8 Å². The highest BCUT2D eigenvalue weighted by molar-refractivity contribution is 7.98. The fourth-order valence-electron chi connectivity index (χ4n) is 1.34. The molecule has 90 valence electrons. The van der Waals surface area contributed by atoms with Crippen LogP contribution in [0.1, 0.15) is 19.5 Å². The molecule has 0 fully saturated rings. The van der Waals surface area contributed by atoms with Crippen molar-refractivity contribution in [2.24, 2.45) is 0 Å². The molecule has 1 rings (SSSR count). The number of hydrogen-bond acceptors (Lipinski definition) is 5. The number of anilines is 1. The summed E-state index contributed by atoms with van der Waals surface area (Å²) in [5.74, 6) is 2.31. The van der Waals surface area contributed by atoms with Gasteiger partial charge in [0, 0.05) is 23.6 Å². The number of aryl methyl sites for hydroxylation is 1. The van der Waals surface area contributed by atoms with E-state index in [1.165, 1.54) is 0 Å². The number of nitrogens with zero attached hydrogens (tertiary/aromatic N) is 2. The SMILES string of the molecule is CCOc1cc(C)nc(NC(C)CSC)n1. The molecule has 1 N–H and O–H groups in total. The summed E-state index contributed by atoms with van der Waals surface area (Å²) in [5, 5.41) is 3.26. The van der Waals surface area contributed by atoms with E-state index in [-0.39, 0.29) is 0 Å². The minimum absolute atomic E-state index is 0.353. The maximum atomic E-state index is 5.37. The van der Waals surface area contributed by atoms with Crippen molar-refractivity contribution >= 4 is 17.7 Å². The van der Waals surface area contributed by atoms with E-state index in [2.05, 4.69) is 28.5 Å². The van der Waals surface area contributed by atoms with Gasteiger partial charge in [0.25, 0.3) is 0 Å². The van der Waals surface area contributed by atoms with Crippen LogP contribution >= 0.6 is 11.8 Å². The highest BCUT2D eigenvalue weighted by atomic mass is 32.2. The lowest BCUT2D eigenvalue weighted by atomic mass is 10.4. The van der Waals surface area contributed by atoms with E-state index in [1.54, 1.807) is 11.8 Å². The van der Waals surface area contributed by atoms with Crippen LogP contribution in [0.5, 0.6) is 5.88 Å². The second-order valence-corrected chi connectivity index (χ2v) is 4.52. The van der Waals surface area contributed by atoms with Crippen LogP contribution in [-0.4, -0.2) is 34.6 Å². The smallest absolute Gasteiger partial charge is 0.226 e. The molecule has 1 heterocycles. The molecular formula is C11H19N3OS. The summed E-state index contributed by atoms with van der Waals surface area (Å²) in [5.41, 5.74) is 0.914. The molecule has 0 aliphatic rings. The molecule has 4 nitrogen and oxygen atoms in total. The Bertz CT molecular complexity index is 333. The first kappa shape index (κ1) is 13.1. The Morgan fingerprint density at radius 3 is 2.88 bits per heavy atom. The van der Waals surface area contributed by atoms with Crippen molar-refractivity contribution in [1.29, 1.82) is 0 Å². The van der Waals surface area contributed by atoms with E-state index < -0.39 is 0 Å². The Labute approximate surface area is 101 Å². The molecule has 16 heavy (non-hydrogen) atoms. The Kier molecular flexibility index (Phi) is 5.38. The maximum Gasteiger partial charge on any atom is 0.226 e. The van der Waals surface area contributed by atoms with Gasteiger partial charge in [-0.1, -0.05) is 0 Å². The minimum Gasteiger partial charge on any atom is -0.478 e. The van der Waals surface area contributed by atoms with Gasteiger partial charge >= 0.3 is 0 Å². The molecule has 0 radical (unpaired) electrons. The molecule has 1 atom stereocenters. The maximum absolute atomic E-state index is 5.37. The van der Waals surface area contributed by atoms with Crippen LogP contribution in [0.4, 0.5) is 5.95 Å². The van der Waals surface area contributed by atoms with Crippen LogP contribution in [0.2, 0.25) is 0 Å². The van der Waals surface area contributed by atoms with E-state index in [1.807, 2.05) is 19.9 Å². The summed E-state index contributed by atoms with van der Waals surface area (Å²) in [6.45, 7) is 6.62. The monoisotopic (exact) mass is 241 g/mol. The number of aromatic nitrogens is 2. The van der Waals surface area contributed by atoms with Crippen LogP contribution in [-0.2, 0) is 0 Å². The number of hydrogen-bond donors (Lipinski definition) is 1. The van der Waals surface area contributed by atoms with E-state index in [0.717, 1.165) is 11.4 Å². The summed E-state index contributed by atoms with van der Waals surface area (Å²) < 4.78 is 5.37. The number of ether oxygens (including phenoxy) is 1. The van der Waals surface area contributed by atoms with Gasteiger partial charge < -0.3 is 10.1 Å². The van der Waals surface area contributed by atoms with Crippen molar-refractivity contribution in [2.45, 2.75) is 26.8 Å². The van der Waals surface area contributed by atoms with Gasteiger partial charge in [0.1, 0.15) is 0 Å². The molecule has 1 aromatic heterocycles. The quantitative estimate of drug-likeness (QED) is 0.828. The average molecular weight is 241 g/mol. The second kappa shape index (κ2) is 6.58. The molecule has 0 amide bonds. The summed E-state index contributed by atoms with van der Waals surface area (Å²) in [6, 6.07) is 2.19. The Morgan fingerprint density at radius 1 is 1.50 bits per heavy atom. The molecule has 0 aromatic carbocycles. The van der Waals surface area contributed by atoms with Crippen LogP contribution < -0.4 is 10.1 Å². The van der Waals surface area contributed by atoms with Gasteiger partial charge in [-0.15, -0.1) is 0 Å². The minimum atomic E-state index is 0.353. The van der Waals surface area contributed by atoms with E-state index in [4.69, 9.17) is 4.74 Å². The Balaban J connectivity index is 2.71. The highest BCUT2D eigenvalue weighted by Gasteiger charge is 2.06. The molecule has 5 heteroatoms. The summed E-state index contributed by atoms with van der Waals surface area (Å²) >= 11 is 1.80. The van der Waals surface area contributed by atoms with Gasteiger partial charge in [0.05, 0.1) is 6.61 Å². The molecule has 0 saturated heterocycles. The van der Waals surface area contributed by atoms with Gasteiger partial charge in [0.15, 0.2) is 0 Å². The van der Waals surface area contributed by atoms with Gasteiger partial charge in [-0.05, 0) is 27.0 Å². The van der Waals surface area contributed by atoms with Gasteiger partial charge in [-0.2, -0.15) is 16.7 Å². The molecule has 1 unspecified atom stereocenters. The normalized spacial score (nSPS) is 12.2. The van der Waals surface area contributed by atoms with Crippen molar-refractivity contribution in [1.82, 2.24) is 9.97 Å².